The summed E-state index contributed by atoms with van der Waals surface area (Å²) in [7, 11) is -4.06. The zero-order valence-electron chi connectivity index (χ0n) is 14.1. The van der Waals surface area contributed by atoms with E-state index < -0.39 is 26.4 Å². The molecule has 4 rings (SSSR count). The van der Waals surface area contributed by atoms with Crippen molar-refractivity contribution in [3.05, 3.63) is 64.1 Å². The molecule has 2 atom stereocenters. The van der Waals surface area contributed by atoms with Gasteiger partial charge in [-0.05, 0) is 48.4 Å². The van der Waals surface area contributed by atoms with E-state index in [0.717, 1.165) is 5.56 Å². The van der Waals surface area contributed by atoms with Crippen molar-refractivity contribution in [2.24, 2.45) is 5.92 Å². The fraction of sp³-hybridized carbons (Fsp3) is 0.263. The Balaban J connectivity index is 1.69. The molecule has 0 N–H and O–H groups in total. The van der Waals surface area contributed by atoms with Crippen LogP contribution in [0.25, 0.3) is 0 Å². The molecule has 0 radical (unpaired) electrons. The second-order valence-electron chi connectivity index (χ2n) is 6.81. The van der Waals surface area contributed by atoms with Crippen LogP contribution in [0, 0.1) is 5.92 Å². The van der Waals surface area contributed by atoms with Gasteiger partial charge in [0.1, 0.15) is 0 Å². The van der Waals surface area contributed by atoms with E-state index in [4.69, 9.17) is 23.2 Å². The van der Waals surface area contributed by atoms with E-state index in [9.17, 15) is 18.0 Å². The Bertz CT molecular complexity index is 1030. The largest absolute Gasteiger partial charge is 0.315 e. The van der Waals surface area contributed by atoms with Crippen LogP contribution in [0.5, 0.6) is 0 Å². The van der Waals surface area contributed by atoms with Gasteiger partial charge in [0.25, 0.3) is 0 Å². The highest BCUT2D eigenvalue weighted by atomic mass is 35.5. The molecule has 0 saturated carbocycles. The summed E-state index contributed by atoms with van der Waals surface area (Å²) in [6, 6.07) is 12.7. The van der Waals surface area contributed by atoms with Gasteiger partial charge in [-0.15, -0.1) is 0 Å². The summed E-state index contributed by atoms with van der Waals surface area (Å²) in [6.45, 7) is 0.104. The fourth-order valence-electron chi connectivity index (χ4n) is 3.84. The van der Waals surface area contributed by atoms with Crippen molar-refractivity contribution >= 4 is 44.7 Å². The molecule has 0 bridgehead atoms. The van der Waals surface area contributed by atoms with E-state index in [0.29, 0.717) is 16.5 Å². The highest BCUT2D eigenvalue weighted by Gasteiger charge is 2.70. The lowest BCUT2D eigenvalue weighted by Crippen LogP contribution is -2.67. The molecule has 2 unspecified atom stereocenters. The Hall–Kier alpha value is -1.89. The van der Waals surface area contributed by atoms with Crippen LogP contribution >= 0.6 is 23.2 Å². The van der Waals surface area contributed by atoms with Crippen molar-refractivity contribution in [2.75, 3.05) is 6.54 Å². The molecule has 27 heavy (non-hydrogen) atoms. The van der Waals surface area contributed by atoms with Gasteiger partial charge in [-0.25, -0.2) is 8.42 Å². The van der Waals surface area contributed by atoms with Crippen molar-refractivity contribution < 1.29 is 18.0 Å². The molecule has 2 aromatic rings. The number of rotatable bonds is 4. The summed E-state index contributed by atoms with van der Waals surface area (Å²) < 4.78 is 26.5. The molecular formula is C19H15Cl2NO4S. The summed E-state index contributed by atoms with van der Waals surface area (Å²) in [5.41, 5.74) is 0.867. The second kappa shape index (κ2) is 6.33. The topological polar surface area (TPSA) is 71.5 Å². The van der Waals surface area contributed by atoms with Crippen LogP contribution in [0.3, 0.4) is 0 Å². The SMILES string of the molecule is O=C1CC2(S(=O)(=O)c3ccc(Cl)cc3)C(=O)C(Cc3ccc(Cl)cc3)CN12. The minimum absolute atomic E-state index is 0.00936. The Labute approximate surface area is 166 Å². The van der Waals surface area contributed by atoms with Crippen molar-refractivity contribution in [3.63, 3.8) is 0 Å². The summed E-state index contributed by atoms with van der Waals surface area (Å²) in [5.74, 6) is -1.31. The van der Waals surface area contributed by atoms with E-state index in [1.807, 2.05) is 0 Å². The Kier molecular flexibility index (Phi) is 4.33. The number of halogens is 2. The first-order valence-corrected chi connectivity index (χ1v) is 10.6. The van der Waals surface area contributed by atoms with Gasteiger partial charge in [0.05, 0.1) is 11.3 Å². The van der Waals surface area contributed by atoms with Crippen molar-refractivity contribution in [1.29, 1.82) is 0 Å². The first-order valence-electron chi connectivity index (χ1n) is 8.35. The predicted molar refractivity (Wildman–Crippen MR) is 101 cm³/mol. The summed E-state index contributed by atoms with van der Waals surface area (Å²) in [5, 5.41) is 0.976. The van der Waals surface area contributed by atoms with E-state index in [2.05, 4.69) is 0 Å². The minimum atomic E-state index is -4.06. The number of β-lactam (4-membered cyclic amide) rings is 1. The number of hydrogen-bond donors (Lipinski definition) is 0. The molecule has 2 aliphatic heterocycles. The third kappa shape index (κ3) is 2.70. The molecule has 8 heteroatoms. The number of fused-ring (bicyclic) bond motifs is 1. The number of benzene rings is 2. The Morgan fingerprint density at radius 3 is 2.07 bits per heavy atom. The highest BCUT2D eigenvalue weighted by molar-refractivity contribution is 7.93. The van der Waals surface area contributed by atoms with Crippen LogP contribution in [0.4, 0.5) is 0 Å². The van der Waals surface area contributed by atoms with Crippen molar-refractivity contribution in [2.45, 2.75) is 22.6 Å². The number of hydrogen-bond acceptors (Lipinski definition) is 4. The van der Waals surface area contributed by atoms with E-state index >= 15 is 0 Å². The standard InChI is InChI=1S/C19H15Cl2NO4S/c20-14-3-1-12(2-4-14)9-13-11-22-17(23)10-19(22,18(13)24)27(25,26)16-7-5-15(21)6-8-16/h1-8,13H,9-11H2. The van der Waals surface area contributed by atoms with Crippen LogP contribution in [-0.2, 0) is 25.8 Å². The quantitative estimate of drug-likeness (QED) is 0.708. The normalized spacial score (nSPS) is 24.7. The second-order valence-corrected chi connectivity index (χ2v) is 9.84. The average molecular weight is 424 g/mol. The zero-order chi connectivity index (χ0) is 19.4. The number of amides is 1. The lowest BCUT2D eigenvalue weighted by Gasteiger charge is -2.44. The Morgan fingerprint density at radius 2 is 1.52 bits per heavy atom. The van der Waals surface area contributed by atoms with Gasteiger partial charge < -0.3 is 4.90 Å². The van der Waals surface area contributed by atoms with Gasteiger partial charge >= 0.3 is 0 Å². The van der Waals surface area contributed by atoms with E-state index in [1.54, 1.807) is 24.3 Å². The number of ketones is 1. The average Bonchev–Trinajstić information content (AvgIpc) is 2.86. The molecular weight excluding hydrogens is 409 g/mol. The summed E-state index contributed by atoms with van der Waals surface area (Å²) in [4.78, 5) is 24.7. The van der Waals surface area contributed by atoms with E-state index in [1.165, 1.54) is 29.2 Å². The molecule has 5 nitrogen and oxygen atoms in total. The summed E-state index contributed by atoms with van der Waals surface area (Å²) >= 11 is 11.7. The smallest absolute Gasteiger partial charge is 0.228 e. The van der Waals surface area contributed by atoms with Gasteiger partial charge in [0.2, 0.25) is 20.6 Å². The molecule has 0 aliphatic carbocycles. The lowest BCUT2D eigenvalue weighted by atomic mass is 9.93. The molecule has 0 spiro atoms. The minimum Gasteiger partial charge on any atom is -0.315 e. The van der Waals surface area contributed by atoms with Gasteiger partial charge in [-0.2, -0.15) is 0 Å². The summed E-state index contributed by atoms with van der Waals surface area (Å²) in [6.07, 6.45) is 0.0472. The lowest BCUT2D eigenvalue weighted by molar-refractivity contribution is -0.150. The van der Waals surface area contributed by atoms with Gasteiger partial charge in [-0.1, -0.05) is 35.3 Å². The van der Waals surface area contributed by atoms with Crippen LogP contribution in [-0.4, -0.2) is 36.4 Å². The zero-order valence-corrected chi connectivity index (χ0v) is 16.4. The van der Waals surface area contributed by atoms with Crippen LogP contribution in [0.1, 0.15) is 12.0 Å². The molecule has 2 heterocycles. The molecule has 1 amide bonds. The van der Waals surface area contributed by atoms with Gasteiger partial charge in [0, 0.05) is 22.5 Å². The first kappa shape index (κ1) is 18.5. The molecule has 0 aromatic heterocycles. The maximum absolute atomic E-state index is 13.3. The van der Waals surface area contributed by atoms with Crippen LogP contribution in [0.2, 0.25) is 10.0 Å². The number of sulfone groups is 1. The number of carbonyl (C=O) groups excluding carboxylic acids is 2. The Morgan fingerprint density at radius 1 is 0.963 bits per heavy atom. The van der Waals surface area contributed by atoms with Crippen molar-refractivity contribution in [3.8, 4) is 0 Å². The molecule has 2 aromatic carbocycles. The predicted octanol–water partition coefficient (Wildman–Crippen LogP) is 3.14. The van der Waals surface area contributed by atoms with Gasteiger partial charge in [-0.3, -0.25) is 9.59 Å². The molecule has 140 valence electrons. The maximum atomic E-state index is 13.3. The number of carbonyl (C=O) groups is 2. The van der Waals surface area contributed by atoms with Crippen LogP contribution < -0.4 is 0 Å². The third-order valence-electron chi connectivity index (χ3n) is 5.25. The highest BCUT2D eigenvalue weighted by Crippen LogP contribution is 2.48. The monoisotopic (exact) mass is 423 g/mol. The molecule has 2 saturated heterocycles. The first-order chi connectivity index (χ1) is 12.8. The van der Waals surface area contributed by atoms with Crippen LogP contribution in [0.15, 0.2) is 53.4 Å². The van der Waals surface area contributed by atoms with Gasteiger partial charge in [0.15, 0.2) is 5.78 Å². The number of nitrogens with zero attached hydrogens (tertiary/aromatic N) is 1. The van der Waals surface area contributed by atoms with Crippen molar-refractivity contribution in [1.82, 2.24) is 4.90 Å². The maximum Gasteiger partial charge on any atom is 0.228 e. The number of Topliss-reactive ketones (excluding diaryl/α,β-unsaturated/α-hetero) is 1. The molecule has 2 fully saturated rings. The fourth-order valence-corrected chi connectivity index (χ4v) is 6.19. The third-order valence-corrected chi connectivity index (χ3v) is 8.10. The van der Waals surface area contributed by atoms with E-state index in [-0.39, 0.29) is 23.8 Å². The molecule has 2 aliphatic rings.